The average molecular weight is 655 g/mol. The molecule has 0 saturated heterocycles. The number of carbonyl (C=O) groups excluding carboxylic acids is 2. The van der Waals surface area contributed by atoms with Gasteiger partial charge in [0.1, 0.15) is 0 Å². The Bertz CT molecular complexity index is 1170. The van der Waals surface area contributed by atoms with E-state index in [1.807, 2.05) is 0 Å². The highest BCUT2D eigenvalue weighted by Crippen LogP contribution is 2.41. The van der Waals surface area contributed by atoms with Crippen LogP contribution in [0.25, 0.3) is 6.08 Å². The van der Waals surface area contributed by atoms with Gasteiger partial charge in [0.05, 0.1) is 39.1 Å². The fourth-order valence-electron chi connectivity index (χ4n) is 3.07. The predicted molar refractivity (Wildman–Crippen MR) is 134 cm³/mol. The van der Waals surface area contributed by atoms with Crippen LogP contribution in [0.4, 0.5) is 26.3 Å². The molecule has 0 aliphatic carbocycles. The summed E-state index contributed by atoms with van der Waals surface area (Å²) in [5, 5.41) is 4.31. The topological polar surface area (TPSA) is 58.2 Å². The number of rotatable bonds is 8. The van der Waals surface area contributed by atoms with Crippen molar-refractivity contribution in [2.24, 2.45) is 0 Å². The summed E-state index contributed by atoms with van der Waals surface area (Å²) >= 11 is 20.7. The molecule has 14 heteroatoms. The summed E-state index contributed by atoms with van der Waals surface area (Å²) in [6.45, 7) is 1.36. The van der Waals surface area contributed by atoms with E-state index in [1.54, 1.807) is 0 Å². The molecule has 0 fully saturated rings. The van der Waals surface area contributed by atoms with Crippen LogP contribution in [0.15, 0.2) is 40.9 Å². The van der Waals surface area contributed by atoms with Crippen LogP contribution >= 0.6 is 50.7 Å². The molecule has 2 rings (SSSR count). The standard InChI is InChI=1S/C23H18BrCl3F6N2O2/c1-11(34-19(36)6-7-22(28,29)30)35-21(37)14-4-2-12(8-16(14)24)3-5-15(23(31,32)33)13-9-17(25)20(27)18(26)10-13/h2-5,8-11,15H,6-7H2,1H3,(H,34,36)(H,35,37)/t11-,15?/m1/s1. The molecule has 0 aliphatic heterocycles. The summed E-state index contributed by atoms with van der Waals surface area (Å²) in [5.41, 5.74) is 0.180. The normalized spacial score (nSPS) is 13.9. The lowest BCUT2D eigenvalue weighted by Gasteiger charge is -2.18. The van der Waals surface area contributed by atoms with Crippen LogP contribution in [0.3, 0.4) is 0 Å². The zero-order valence-corrected chi connectivity index (χ0v) is 22.6. The Kier molecular flexibility index (Phi) is 10.8. The number of hydrogen-bond donors (Lipinski definition) is 2. The van der Waals surface area contributed by atoms with Crippen molar-refractivity contribution in [3.8, 4) is 0 Å². The molecule has 0 spiro atoms. The summed E-state index contributed by atoms with van der Waals surface area (Å²) in [6, 6.07) is 6.26. The zero-order valence-electron chi connectivity index (χ0n) is 18.7. The van der Waals surface area contributed by atoms with Gasteiger partial charge < -0.3 is 10.6 Å². The van der Waals surface area contributed by atoms with E-state index in [-0.39, 0.29) is 30.7 Å². The molecule has 4 nitrogen and oxygen atoms in total. The number of benzene rings is 2. The first-order valence-electron chi connectivity index (χ1n) is 10.3. The fraction of sp³-hybridized carbons (Fsp3) is 0.304. The van der Waals surface area contributed by atoms with Crippen molar-refractivity contribution in [2.45, 2.75) is 44.2 Å². The largest absolute Gasteiger partial charge is 0.399 e. The lowest BCUT2D eigenvalue weighted by Crippen LogP contribution is -2.46. The minimum Gasteiger partial charge on any atom is -0.336 e. The predicted octanol–water partition coefficient (Wildman–Crippen LogP) is 8.30. The third kappa shape index (κ3) is 9.70. The van der Waals surface area contributed by atoms with Crippen molar-refractivity contribution < 1.29 is 35.9 Å². The Hall–Kier alpha value is -1.95. The summed E-state index contributed by atoms with van der Waals surface area (Å²) in [6.07, 6.45) is -10.1. The van der Waals surface area contributed by atoms with E-state index in [9.17, 15) is 35.9 Å². The van der Waals surface area contributed by atoms with Crippen molar-refractivity contribution in [1.82, 2.24) is 10.6 Å². The number of nitrogens with one attached hydrogen (secondary N) is 2. The lowest BCUT2D eigenvalue weighted by molar-refractivity contribution is -0.144. The second-order valence-corrected chi connectivity index (χ2v) is 9.84. The third-order valence-electron chi connectivity index (χ3n) is 4.80. The minimum atomic E-state index is -4.67. The van der Waals surface area contributed by atoms with Gasteiger partial charge in [0.15, 0.2) is 0 Å². The Balaban J connectivity index is 2.13. The maximum absolute atomic E-state index is 13.7. The van der Waals surface area contributed by atoms with Crippen molar-refractivity contribution in [3.05, 3.63) is 72.6 Å². The van der Waals surface area contributed by atoms with E-state index in [1.165, 1.54) is 31.2 Å². The first kappa shape index (κ1) is 31.3. The summed E-state index contributed by atoms with van der Waals surface area (Å²) in [7, 11) is 0. The van der Waals surface area contributed by atoms with Crippen LogP contribution in [0.1, 0.15) is 47.2 Å². The zero-order chi connectivity index (χ0) is 28.1. The molecule has 2 atom stereocenters. The summed E-state index contributed by atoms with van der Waals surface area (Å²) in [5.74, 6) is -3.62. The van der Waals surface area contributed by atoms with E-state index in [0.29, 0.717) is 5.56 Å². The molecular weight excluding hydrogens is 637 g/mol. The van der Waals surface area contributed by atoms with E-state index >= 15 is 0 Å². The Labute approximate surface area is 231 Å². The number of alkyl halides is 6. The number of hydrogen-bond acceptors (Lipinski definition) is 2. The van der Waals surface area contributed by atoms with Crippen LogP contribution < -0.4 is 10.6 Å². The van der Waals surface area contributed by atoms with Crippen molar-refractivity contribution in [1.29, 1.82) is 0 Å². The number of amides is 2. The van der Waals surface area contributed by atoms with Gasteiger partial charge in [-0.3, -0.25) is 9.59 Å². The average Bonchev–Trinajstić information content (AvgIpc) is 2.74. The minimum absolute atomic E-state index is 0.0648. The summed E-state index contributed by atoms with van der Waals surface area (Å²) in [4.78, 5) is 24.1. The van der Waals surface area contributed by atoms with Gasteiger partial charge in [-0.15, -0.1) is 0 Å². The first-order chi connectivity index (χ1) is 17.0. The van der Waals surface area contributed by atoms with Gasteiger partial charge in [0.25, 0.3) is 5.91 Å². The summed E-state index contributed by atoms with van der Waals surface area (Å²) < 4.78 is 78.1. The van der Waals surface area contributed by atoms with Gasteiger partial charge in [-0.05, 0) is 58.2 Å². The van der Waals surface area contributed by atoms with Crippen LogP contribution in [-0.2, 0) is 4.79 Å². The van der Waals surface area contributed by atoms with Crippen LogP contribution in [0.5, 0.6) is 0 Å². The quantitative estimate of drug-likeness (QED) is 0.171. The molecule has 2 aromatic rings. The Morgan fingerprint density at radius 1 is 1.00 bits per heavy atom. The lowest BCUT2D eigenvalue weighted by atomic mass is 9.97. The van der Waals surface area contributed by atoms with Gasteiger partial charge >= 0.3 is 12.4 Å². The molecule has 2 N–H and O–H groups in total. The molecule has 0 saturated carbocycles. The smallest absolute Gasteiger partial charge is 0.336 e. The molecular formula is C23H18BrCl3F6N2O2. The maximum atomic E-state index is 13.7. The molecule has 2 amide bonds. The van der Waals surface area contributed by atoms with E-state index in [0.717, 1.165) is 18.2 Å². The van der Waals surface area contributed by atoms with E-state index < -0.39 is 49.1 Å². The van der Waals surface area contributed by atoms with Gasteiger partial charge in [-0.2, -0.15) is 26.3 Å². The molecule has 1 unspecified atom stereocenters. The fourth-order valence-corrected chi connectivity index (χ4v) is 4.26. The Morgan fingerprint density at radius 3 is 2.11 bits per heavy atom. The van der Waals surface area contributed by atoms with Crippen molar-refractivity contribution >= 4 is 68.6 Å². The first-order valence-corrected chi connectivity index (χ1v) is 12.3. The van der Waals surface area contributed by atoms with Gasteiger partial charge in [0.2, 0.25) is 5.91 Å². The monoisotopic (exact) mass is 652 g/mol. The van der Waals surface area contributed by atoms with Crippen LogP contribution in [0.2, 0.25) is 15.1 Å². The Morgan fingerprint density at radius 2 is 1.59 bits per heavy atom. The molecule has 0 aromatic heterocycles. The van der Waals surface area contributed by atoms with Gasteiger partial charge in [0, 0.05) is 10.9 Å². The van der Waals surface area contributed by atoms with E-state index in [2.05, 4.69) is 26.6 Å². The molecule has 0 radical (unpaired) electrons. The molecule has 202 valence electrons. The number of carbonyl (C=O) groups is 2. The van der Waals surface area contributed by atoms with Crippen LogP contribution in [-0.4, -0.2) is 30.3 Å². The second-order valence-electron chi connectivity index (χ2n) is 7.79. The molecule has 0 bridgehead atoms. The number of halogens is 10. The molecule has 0 heterocycles. The van der Waals surface area contributed by atoms with Crippen LogP contribution in [0, 0.1) is 0 Å². The van der Waals surface area contributed by atoms with Gasteiger partial charge in [-0.25, -0.2) is 0 Å². The highest BCUT2D eigenvalue weighted by atomic mass is 79.9. The highest BCUT2D eigenvalue weighted by molar-refractivity contribution is 9.10. The number of allylic oxidation sites excluding steroid dienone is 1. The second kappa shape index (κ2) is 12.7. The molecule has 2 aromatic carbocycles. The van der Waals surface area contributed by atoms with Crippen molar-refractivity contribution in [2.75, 3.05) is 0 Å². The maximum Gasteiger partial charge on any atom is 0.399 e. The molecule has 0 aliphatic rings. The van der Waals surface area contributed by atoms with Crippen molar-refractivity contribution in [3.63, 3.8) is 0 Å². The molecule has 37 heavy (non-hydrogen) atoms. The SMILES string of the molecule is C[C@H](NC(=O)CCC(F)(F)F)NC(=O)c1ccc(C=CC(c2cc(Cl)c(Cl)c(Cl)c2)C(F)(F)F)cc1Br. The third-order valence-corrected chi connectivity index (χ3v) is 6.65. The van der Waals surface area contributed by atoms with Gasteiger partial charge in [-0.1, -0.05) is 53.0 Å². The van der Waals surface area contributed by atoms with E-state index in [4.69, 9.17) is 34.8 Å². The highest BCUT2D eigenvalue weighted by Gasteiger charge is 2.39.